The zero-order valence-electron chi connectivity index (χ0n) is 41.3. The molecule has 0 atom stereocenters. The van der Waals surface area contributed by atoms with Crippen LogP contribution in [0.4, 0.5) is 0 Å². The van der Waals surface area contributed by atoms with Crippen molar-refractivity contribution in [3.8, 4) is 33.4 Å². The average Bonchev–Trinajstić information content (AvgIpc) is 3.70. The van der Waals surface area contributed by atoms with E-state index in [9.17, 15) is 8.22 Å². The van der Waals surface area contributed by atoms with Crippen LogP contribution in [-0.2, 0) is 0 Å². The van der Waals surface area contributed by atoms with Crippen LogP contribution in [0.5, 0.6) is 0 Å². The fourth-order valence-corrected chi connectivity index (χ4v) is 6.65. The summed E-state index contributed by atoms with van der Waals surface area (Å²) in [6.45, 7) is 0. The number of hydrogen-bond acceptors (Lipinski definition) is 1. The van der Waals surface area contributed by atoms with Crippen LogP contribution < -0.4 is 0 Å². The highest BCUT2D eigenvalue weighted by Gasteiger charge is 2.22. The van der Waals surface area contributed by atoms with E-state index >= 15 is 0 Å². The van der Waals surface area contributed by atoms with E-state index in [0.29, 0.717) is 32.7 Å². The molecule has 1 heteroatoms. The van der Waals surface area contributed by atoms with Crippen molar-refractivity contribution >= 4 is 65.0 Å². The molecule has 0 N–H and O–H groups in total. The third-order valence-electron chi connectivity index (χ3n) is 8.62. The summed E-state index contributed by atoms with van der Waals surface area (Å²) in [4.78, 5) is 0. The molecule has 1 nitrogen and oxygen atoms in total. The first-order valence-corrected chi connectivity index (χ1v) is 14.8. The Bertz CT molecular complexity index is 3710. The zero-order chi connectivity index (χ0) is 45.7. The Balaban J connectivity index is 1.52. The quantitative estimate of drug-likeness (QED) is 0.181. The minimum Gasteiger partial charge on any atom is -0.455 e. The van der Waals surface area contributed by atoms with Crippen molar-refractivity contribution < 1.29 is 27.7 Å². The highest BCUT2D eigenvalue weighted by atomic mass is 16.3. The number of furan rings is 1. The third-order valence-corrected chi connectivity index (χ3v) is 8.62. The first-order valence-electron chi connectivity index (χ1n) is 23.3. The van der Waals surface area contributed by atoms with Crippen LogP contribution in [-0.4, -0.2) is 0 Å². The molecule has 1 aromatic heterocycles. The topological polar surface area (TPSA) is 13.1 Å². The molecule has 0 aliphatic rings. The molecule has 10 rings (SSSR count). The van der Waals surface area contributed by atoms with E-state index in [2.05, 4.69) is 0 Å². The Kier molecular flexibility index (Phi) is 3.14. The van der Waals surface area contributed by atoms with Gasteiger partial charge in [0.2, 0.25) is 0 Å². The first kappa shape index (κ1) is 14.5. The molecule has 218 valence electrons. The van der Waals surface area contributed by atoms with E-state index in [4.69, 9.17) is 19.5 Å². The van der Waals surface area contributed by atoms with Crippen molar-refractivity contribution in [3.05, 3.63) is 169 Å². The van der Waals surface area contributed by atoms with Crippen LogP contribution in [0, 0.1) is 0 Å². The molecule has 0 saturated heterocycles. The molecule has 0 saturated carbocycles. The van der Waals surface area contributed by atoms with Gasteiger partial charge in [-0.3, -0.25) is 0 Å². The number of hydrogen-bond donors (Lipinski definition) is 0. The Morgan fingerprint density at radius 2 is 0.979 bits per heavy atom. The highest BCUT2D eigenvalue weighted by molar-refractivity contribution is 6.30. The van der Waals surface area contributed by atoms with Crippen molar-refractivity contribution in [1.29, 1.82) is 0 Å². The molecular weight excluding hydrogens is 569 g/mol. The van der Waals surface area contributed by atoms with Crippen molar-refractivity contribution in [2.45, 2.75) is 0 Å². The van der Waals surface area contributed by atoms with Gasteiger partial charge in [0.15, 0.2) is 0 Å². The van der Waals surface area contributed by atoms with Crippen LogP contribution in [0.1, 0.15) is 23.3 Å². The van der Waals surface area contributed by atoms with E-state index in [1.54, 1.807) is 12.1 Å². The molecule has 0 aliphatic heterocycles. The molecular formula is C46H28O. The average molecular weight is 614 g/mol. The van der Waals surface area contributed by atoms with Crippen molar-refractivity contribution in [3.63, 3.8) is 0 Å². The Morgan fingerprint density at radius 3 is 1.70 bits per heavy atom. The van der Waals surface area contributed by atoms with Crippen molar-refractivity contribution in [1.82, 2.24) is 0 Å². The summed E-state index contributed by atoms with van der Waals surface area (Å²) >= 11 is 0. The van der Waals surface area contributed by atoms with Crippen molar-refractivity contribution in [2.75, 3.05) is 0 Å². The van der Waals surface area contributed by atoms with E-state index in [1.807, 2.05) is 54.6 Å². The lowest BCUT2D eigenvalue weighted by molar-refractivity contribution is 0.676. The smallest absolute Gasteiger partial charge is 0.143 e. The number of rotatable bonds is 3. The van der Waals surface area contributed by atoms with Gasteiger partial charge in [0, 0.05) is 21.5 Å². The van der Waals surface area contributed by atoms with Gasteiger partial charge in [-0.1, -0.05) is 151 Å². The predicted octanol–water partition coefficient (Wildman–Crippen LogP) is 13.2. The molecule has 0 unspecified atom stereocenters. The second-order valence-electron chi connectivity index (χ2n) is 11.1. The van der Waals surface area contributed by atoms with E-state index in [0.717, 1.165) is 10.8 Å². The van der Waals surface area contributed by atoms with Gasteiger partial charge in [-0.15, -0.1) is 0 Å². The maximum atomic E-state index is 9.67. The molecule has 0 radical (unpaired) electrons. The number of benzene rings is 9. The summed E-state index contributed by atoms with van der Waals surface area (Å²) in [5.74, 6) is 0. The summed E-state index contributed by atoms with van der Waals surface area (Å²) in [5.41, 5.74) is -1.26. The van der Waals surface area contributed by atoms with E-state index in [-0.39, 0.29) is 32.7 Å². The summed E-state index contributed by atoms with van der Waals surface area (Å²) in [5, 5.41) is 2.73. The molecule has 9 aromatic carbocycles. The van der Waals surface area contributed by atoms with Crippen LogP contribution in [0.3, 0.4) is 0 Å². The van der Waals surface area contributed by atoms with Crippen LogP contribution >= 0.6 is 0 Å². The van der Waals surface area contributed by atoms with Gasteiger partial charge in [-0.05, 0) is 83.9 Å². The van der Waals surface area contributed by atoms with Gasteiger partial charge in [-0.2, -0.15) is 0 Å². The summed E-state index contributed by atoms with van der Waals surface area (Å²) in [6.07, 6.45) is 0. The molecule has 1 heterocycles. The fraction of sp³-hybridized carbons (Fsp3) is 0. The normalized spacial score (nSPS) is 16.9. The van der Waals surface area contributed by atoms with Gasteiger partial charge < -0.3 is 4.42 Å². The SMILES string of the molecule is [2H]c1c([2H])c([2H])c(-c2c([2H])c([2H])c([2H])c(-c3c4c([2H])c([2H])c([2H])c([2H])c4c(-c4cc5ccccc5c5oc6c7ccccc7ccc6c45)c4c([2H])c([2H])c([2H])c([2H])c34)c2[2H])c([2H])c1[2H]. The molecule has 0 spiro atoms. The minimum atomic E-state index is -0.881. The Labute approximate surface area is 295 Å². The standard InChI is InChI=1S/C46H28O/c1-2-13-29(14-3-1)31-17-12-18-33(27-31)42-36-21-8-10-23-38(36)43(39-24-11-9-22-37(39)42)41-28-32-16-5-7-20-35(32)46-44(41)40-26-25-30-15-4-6-19-34(30)45(40)47-46/h1-28H/i1D,2D,3D,8D,9D,10D,11D,12D,13D,14D,17D,18D,21D,22D,23D,24D,27D. The zero-order valence-corrected chi connectivity index (χ0v) is 24.3. The summed E-state index contributed by atoms with van der Waals surface area (Å²) in [6, 6.07) is 7.32. The van der Waals surface area contributed by atoms with Gasteiger partial charge >= 0.3 is 0 Å². The summed E-state index contributed by atoms with van der Waals surface area (Å²) in [7, 11) is 0. The maximum Gasteiger partial charge on any atom is 0.143 e. The lowest BCUT2D eigenvalue weighted by Gasteiger charge is -2.19. The first-order chi connectivity index (χ1) is 30.4. The van der Waals surface area contributed by atoms with Gasteiger partial charge in [0.05, 0.1) is 23.3 Å². The summed E-state index contributed by atoms with van der Waals surface area (Å²) < 4.78 is 160. The molecule has 0 aliphatic carbocycles. The van der Waals surface area contributed by atoms with Crippen LogP contribution in [0.2, 0.25) is 0 Å². The van der Waals surface area contributed by atoms with Gasteiger partial charge in [0.1, 0.15) is 11.2 Å². The van der Waals surface area contributed by atoms with Gasteiger partial charge in [-0.25, -0.2) is 0 Å². The van der Waals surface area contributed by atoms with Crippen molar-refractivity contribution in [2.24, 2.45) is 0 Å². The fourth-order valence-electron chi connectivity index (χ4n) is 6.65. The Morgan fingerprint density at radius 1 is 0.404 bits per heavy atom. The van der Waals surface area contributed by atoms with E-state index < -0.39 is 125 Å². The lowest BCUT2D eigenvalue weighted by atomic mass is 9.84. The highest BCUT2D eigenvalue weighted by Crippen LogP contribution is 2.49. The van der Waals surface area contributed by atoms with Crippen LogP contribution in [0.25, 0.3) is 98.4 Å². The lowest BCUT2D eigenvalue weighted by Crippen LogP contribution is -1.92. The molecule has 47 heavy (non-hydrogen) atoms. The molecule has 10 aromatic rings. The third kappa shape index (κ3) is 3.90. The van der Waals surface area contributed by atoms with Gasteiger partial charge in [0.25, 0.3) is 0 Å². The second kappa shape index (κ2) is 10.2. The largest absolute Gasteiger partial charge is 0.455 e. The van der Waals surface area contributed by atoms with E-state index in [1.165, 1.54) is 0 Å². The van der Waals surface area contributed by atoms with Crippen LogP contribution in [0.15, 0.2) is 174 Å². The molecule has 0 amide bonds. The Hall–Kier alpha value is -6.18. The second-order valence-corrected chi connectivity index (χ2v) is 11.1. The monoisotopic (exact) mass is 613 g/mol. The minimum absolute atomic E-state index is 0.0357. The molecule has 0 bridgehead atoms. The number of fused-ring (bicyclic) bond motifs is 9. The maximum absolute atomic E-state index is 9.67. The predicted molar refractivity (Wildman–Crippen MR) is 200 cm³/mol. The molecule has 0 fully saturated rings.